The van der Waals surface area contributed by atoms with E-state index in [-0.39, 0.29) is 0 Å². The van der Waals surface area contributed by atoms with Crippen molar-refractivity contribution in [2.75, 3.05) is 19.3 Å². The lowest BCUT2D eigenvalue weighted by Gasteiger charge is -2.20. The van der Waals surface area contributed by atoms with Crippen LogP contribution in [0.5, 0.6) is 0 Å². The van der Waals surface area contributed by atoms with Crippen molar-refractivity contribution in [3.8, 4) is 0 Å². The highest BCUT2D eigenvalue weighted by atomic mass is 32.2. The first-order chi connectivity index (χ1) is 8.36. The molecule has 0 unspecified atom stereocenters. The standard InChI is InChI=1S/C13H16N2S2/c1-16-10-2-3-12-11(8-10)15-13(17-12)9-4-6-14-7-5-9/h2-3,8-9,14H,4-7H2,1H3. The summed E-state index contributed by atoms with van der Waals surface area (Å²) in [7, 11) is 0. The zero-order valence-corrected chi connectivity index (χ0v) is 11.5. The molecule has 4 heteroatoms. The summed E-state index contributed by atoms with van der Waals surface area (Å²) in [6, 6.07) is 6.61. The smallest absolute Gasteiger partial charge is 0.0970 e. The first kappa shape index (κ1) is 11.5. The highest BCUT2D eigenvalue weighted by Crippen LogP contribution is 2.33. The fraction of sp³-hybridized carbons (Fsp3) is 0.462. The van der Waals surface area contributed by atoms with Crippen molar-refractivity contribution in [2.45, 2.75) is 23.7 Å². The molecule has 2 aromatic rings. The summed E-state index contributed by atoms with van der Waals surface area (Å²) in [6.45, 7) is 2.27. The van der Waals surface area contributed by atoms with Gasteiger partial charge >= 0.3 is 0 Å². The highest BCUT2D eigenvalue weighted by Gasteiger charge is 2.18. The summed E-state index contributed by atoms with van der Waals surface area (Å²) in [6.07, 6.45) is 4.58. The Morgan fingerprint density at radius 3 is 2.94 bits per heavy atom. The third-order valence-electron chi connectivity index (χ3n) is 3.30. The zero-order valence-electron chi connectivity index (χ0n) is 9.90. The molecule has 1 fully saturated rings. The van der Waals surface area contributed by atoms with Gasteiger partial charge in [0, 0.05) is 10.8 Å². The van der Waals surface area contributed by atoms with Crippen molar-refractivity contribution in [1.82, 2.24) is 10.3 Å². The van der Waals surface area contributed by atoms with Crippen LogP contribution in [-0.2, 0) is 0 Å². The third-order valence-corrected chi connectivity index (χ3v) is 5.22. The molecule has 0 saturated carbocycles. The molecule has 0 radical (unpaired) electrons. The average Bonchev–Trinajstić information content (AvgIpc) is 2.82. The molecule has 90 valence electrons. The molecule has 3 rings (SSSR count). The molecule has 2 heterocycles. The topological polar surface area (TPSA) is 24.9 Å². The number of benzene rings is 1. The van der Waals surface area contributed by atoms with Crippen LogP contribution in [0.2, 0.25) is 0 Å². The normalized spacial score (nSPS) is 17.7. The second-order valence-corrected chi connectivity index (χ2v) is 6.35. The Morgan fingerprint density at radius 2 is 2.18 bits per heavy atom. The van der Waals surface area contributed by atoms with E-state index in [4.69, 9.17) is 4.98 Å². The third kappa shape index (κ3) is 2.34. The van der Waals surface area contributed by atoms with Crippen LogP contribution < -0.4 is 5.32 Å². The van der Waals surface area contributed by atoms with E-state index in [1.165, 1.54) is 33.0 Å². The monoisotopic (exact) mass is 264 g/mol. The highest BCUT2D eigenvalue weighted by molar-refractivity contribution is 7.98. The van der Waals surface area contributed by atoms with Gasteiger partial charge in [0.15, 0.2) is 0 Å². The van der Waals surface area contributed by atoms with Gasteiger partial charge in [0.1, 0.15) is 0 Å². The second kappa shape index (κ2) is 4.96. The molecule has 1 aromatic carbocycles. The molecule has 0 atom stereocenters. The molecule has 0 bridgehead atoms. The van der Waals surface area contributed by atoms with Gasteiger partial charge in [-0.2, -0.15) is 0 Å². The van der Waals surface area contributed by atoms with Crippen LogP contribution in [0.4, 0.5) is 0 Å². The van der Waals surface area contributed by atoms with Gasteiger partial charge in [0.05, 0.1) is 15.2 Å². The molecular formula is C13H16N2S2. The van der Waals surface area contributed by atoms with E-state index in [1.807, 2.05) is 11.3 Å². The molecule has 1 aromatic heterocycles. The molecule has 1 aliphatic heterocycles. The second-order valence-electron chi connectivity index (χ2n) is 4.41. The lowest BCUT2D eigenvalue weighted by atomic mass is 9.99. The van der Waals surface area contributed by atoms with Crippen molar-refractivity contribution in [3.63, 3.8) is 0 Å². The minimum absolute atomic E-state index is 0.673. The molecule has 17 heavy (non-hydrogen) atoms. The van der Waals surface area contributed by atoms with Gasteiger partial charge in [-0.3, -0.25) is 0 Å². The minimum atomic E-state index is 0.673. The first-order valence-corrected chi connectivity index (χ1v) is 8.06. The van der Waals surface area contributed by atoms with Crippen LogP contribution in [0.1, 0.15) is 23.8 Å². The number of piperidine rings is 1. The van der Waals surface area contributed by atoms with Crippen LogP contribution >= 0.6 is 23.1 Å². The molecular weight excluding hydrogens is 248 g/mol. The van der Waals surface area contributed by atoms with Crippen LogP contribution in [0.25, 0.3) is 10.2 Å². The Balaban J connectivity index is 1.95. The predicted molar refractivity (Wildman–Crippen MR) is 76.2 cm³/mol. The van der Waals surface area contributed by atoms with Gasteiger partial charge in [-0.25, -0.2) is 4.98 Å². The molecule has 0 amide bonds. The fourth-order valence-electron chi connectivity index (χ4n) is 2.30. The average molecular weight is 264 g/mol. The van der Waals surface area contributed by atoms with Gasteiger partial charge < -0.3 is 5.32 Å². The van der Waals surface area contributed by atoms with E-state index in [1.54, 1.807) is 11.8 Å². The summed E-state index contributed by atoms with van der Waals surface area (Å²) in [5.41, 5.74) is 1.18. The lowest BCUT2D eigenvalue weighted by Crippen LogP contribution is -2.26. The summed E-state index contributed by atoms with van der Waals surface area (Å²) in [5, 5.41) is 4.74. The maximum Gasteiger partial charge on any atom is 0.0970 e. The Kier molecular flexibility index (Phi) is 3.36. The van der Waals surface area contributed by atoms with Crippen molar-refractivity contribution in [2.24, 2.45) is 0 Å². The van der Waals surface area contributed by atoms with E-state index < -0.39 is 0 Å². The Labute approximate surface area is 110 Å². The summed E-state index contributed by atoms with van der Waals surface area (Å²) in [4.78, 5) is 6.13. The number of hydrogen-bond acceptors (Lipinski definition) is 4. The number of fused-ring (bicyclic) bond motifs is 1. The van der Waals surface area contributed by atoms with E-state index in [2.05, 4.69) is 29.8 Å². The van der Waals surface area contributed by atoms with Crippen LogP contribution in [0, 0.1) is 0 Å². The number of thiazole rings is 1. The fourth-order valence-corrected chi connectivity index (χ4v) is 3.85. The molecule has 1 aliphatic rings. The van der Waals surface area contributed by atoms with E-state index in [0.717, 1.165) is 13.1 Å². The SMILES string of the molecule is CSc1ccc2sc(C3CCNCC3)nc2c1. The van der Waals surface area contributed by atoms with Crippen molar-refractivity contribution < 1.29 is 0 Å². The lowest BCUT2D eigenvalue weighted by molar-refractivity contribution is 0.459. The Morgan fingerprint density at radius 1 is 1.35 bits per heavy atom. The summed E-state index contributed by atoms with van der Waals surface area (Å²) in [5.74, 6) is 0.673. The molecule has 0 aliphatic carbocycles. The number of aromatic nitrogens is 1. The van der Waals surface area contributed by atoms with Crippen LogP contribution in [0.15, 0.2) is 23.1 Å². The molecule has 1 N–H and O–H groups in total. The van der Waals surface area contributed by atoms with Crippen molar-refractivity contribution in [1.29, 1.82) is 0 Å². The Hall–Kier alpha value is -0.580. The molecule has 1 saturated heterocycles. The molecule has 2 nitrogen and oxygen atoms in total. The summed E-state index contributed by atoms with van der Waals surface area (Å²) < 4.78 is 1.33. The zero-order chi connectivity index (χ0) is 11.7. The number of rotatable bonds is 2. The number of nitrogens with zero attached hydrogens (tertiary/aromatic N) is 1. The van der Waals surface area contributed by atoms with E-state index >= 15 is 0 Å². The predicted octanol–water partition coefficient (Wildman–Crippen LogP) is 3.49. The molecule has 0 spiro atoms. The minimum Gasteiger partial charge on any atom is -0.317 e. The van der Waals surface area contributed by atoms with Gasteiger partial charge in [-0.15, -0.1) is 23.1 Å². The van der Waals surface area contributed by atoms with Crippen LogP contribution in [0.3, 0.4) is 0 Å². The number of hydrogen-bond donors (Lipinski definition) is 1. The van der Waals surface area contributed by atoms with E-state index in [0.29, 0.717) is 5.92 Å². The van der Waals surface area contributed by atoms with E-state index in [9.17, 15) is 0 Å². The quantitative estimate of drug-likeness (QED) is 0.841. The van der Waals surface area contributed by atoms with Gasteiger partial charge in [-0.05, 0) is 50.4 Å². The number of thioether (sulfide) groups is 1. The van der Waals surface area contributed by atoms with Crippen molar-refractivity contribution in [3.05, 3.63) is 23.2 Å². The maximum absolute atomic E-state index is 4.82. The number of nitrogens with one attached hydrogen (secondary N) is 1. The van der Waals surface area contributed by atoms with Crippen molar-refractivity contribution >= 4 is 33.3 Å². The maximum atomic E-state index is 4.82. The van der Waals surface area contributed by atoms with Crippen LogP contribution in [-0.4, -0.2) is 24.3 Å². The summed E-state index contributed by atoms with van der Waals surface area (Å²) >= 11 is 3.66. The van der Waals surface area contributed by atoms with Gasteiger partial charge in [-0.1, -0.05) is 0 Å². The Bertz CT molecular complexity index is 515. The largest absolute Gasteiger partial charge is 0.317 e. The van der Waals surface area contributed by atoms with Gasteiger partial charge in [0.25, 0.3) is 0 Å². The first-order valence-electron chi connectivity index (χ1n) is 6.02. The van der Waals surface area contributed by atoms with Gasteiger partial charge in [0.2, 0.25) is 0 Å².